The van der Waals surface area contributed by atoms with Crippen molar-refractivity contribution in [3.63, 3.8) is 0 Å². The van der Waals surface area contributed by atoms with Crippen LogP contribution < -0.4 is 11.3 Å². The summed E-state index contributed by atoms with van der Waals surface area (Å²) in [7, 11) is 0. The van der Waals surface area contributed by atoms with Gasteiger partial charge in [-0.3, -0.25) is 10.8 Å². The number of hydrogen-bond donors (Lipinski definition) is 2. The average molecular weight is 359 g/mol. The van der Waals surface area contributed by atoms with E-state index in [2.05, 4.69) is 46.8 Å². The zero-order valence-corrected chi connectivity index (χ0v) is 12.7. The van der Waals surface area contributed by atoms with Crippen molar-refractivity contribution in [3.05, 3.63) is 32.8 Å². The number of hydrazine groups is 1. The van der Waals surface area contributed by atoms with Gasteiger partial charge in [-0.25, -0.2) is 4.39 Å². The predicted octanol–water partition coefficient (Wildman–Crippen LogP) is 3.70. The summed E-state index contributed by atoms with van der Waals surface area (Å²) < 4.78 is 14.3. The minimum atomic E-state index is -0.274. The number of rotatable bonds is 2. The fourth-order valence-corrected chi connectivity index (χ4v) is 2.99. The molecule has 0 aliphatic carbocycles. The fourth-order valence-electron chi connectivity index (χ4n) is 2.29. The van der Waals surface area contributed by atoms with E-state index in [1.807, 2.05) is 6.92 Å². The van der Waals surface area contributed by atoms with E-state index in [0.29, 0.717) is 0 Å². The molecule has 2 rings (SSSR count). The van der Waals surface area contributed by atoms with Gasteiger partial charge in [0.25, 0.3) is 0 Å². The summed E-state index contributed by atoms with van der Waals surface area (Å²) in [5, 5.41) is 0.733. The molecular formula is C13H15FIN3. The normalized spacial score (nSPS) is 11.3. The molecule has 1 aromatic carbocycles. The molecule has 0 bridgehead atoms. The Morgan fingerprint density at radius 2 is 2.06 bits per heavy atom. The van der Waals surface area contributed by atoms with Crippen molar-refractivity contribution >= 4 is 39.2 Å². The van der Waals surface area contributed by atoms with Crippen molar-refractivity contribution in [2.75, 3.05) is 5.43 Å². The maximum absolute atomic E-state index is 13.5. The van der Waals surface area contributed by atoms with Crippen LogP contribution in [0.15, 0.2) is 12.1 Å². The van der Waals surface area contributed by atoms with Gasteiger partial charge in [-0.2, -0.15) is 0 Å². The number of nitrogen functional groups attached to an aromatic ring is 1. The van der Waals surface area contributed by atoms with E-state index in [1.54, 1.807) is 0 Å². The molecule has 0 spiro atoms. The summed E-state index contributed by atoms with van der Waals surface area (Å²) in [6.45, 7) is 6.09. The van der Waals surface area contributed by atoms with E-state index in [-0.39, 0.29) is 11.7 Å². The van der Waals surface area contributed by atoms with E-state index < -0.39 is 0 Å². The Morgan fingerprint density at radius 1 is 1.39 bits per heavy atom. The lowest BCUT2D eigenvalue weighted by Crippen LogP contribution is -2.13. The van der Waals surface area contributed by atoms with Gasteiger partial charge in [-0.1, -0.05) is 13.8 Å². The zero-order valence-electron chi connectivity index (χ0n) is 10.5. The molecule has 3 N–H and O–H groups in total. The molecule has 0 atom stereocenters. The summed E-state index contributed by atoms with van der Waals surface area (Å²) in [6, 6.07) is 2.95. The fraction of sp³-hybridized carbons (Fsp3) is 0.308. The van der Waals surface area contributed by atoms with Gasteiger partial charge in [0.15, 0.2) is 0 Å². The first-order valence-corrected chi connectivity index (χ1v) is 6.79. The highest BCUT2D eigenvalue weighted by Gasteiger charge is 2.16. The van der Waals surface area contributed by atoms with E-state index in [0.717, 1.165) is 31.4 Å². The molecule has 0 amide bonds. The smallest absolute Gasteiger partial charge is 0.125 e. The number of nitrogens with one attached hydrogen (secondary N) is 1. The number of hydrogen-bond acceptors (Lipinski definition) is 3. The quantitative estimate of drug-likeness (QED) is 0.489. The van der Waals surface area contributed by atoms with Crippen LogP contribution >= 0.6 is 22.6 Å². The molecule has 1 heterocycles. The number of pyridine rings is 1. The maximum Gasteiger partial charge on any atom is 0.125 e. The van der Waals surface area contributed by atoms with E-state index >= 15 is 0 Å². The van der Waals surface area contributed by atoms with Crippen LogP contribution in [0.25, 0.3) is 10.9 Å². The Kier molecular flexibility index (Phi) is 3.72. The van der Waals surface area contributed by atoms with Crippen LogP contribution in [-0.2, 0) is 0 Å². The Morgan fingerprint density at radius 3 is 2.61 bits per heavy atom. The lowest BCUT2D eigenvalue weighted by Gasteiger charge is -2.18. The molecule has 18 heavy (non-hydrogen) atoms. The van der Waals surface area contributed by atoms with Gasteiger partial charge >= 0.3 is 0 Å². The minimum absolute atomic E-state index is 0.272. The molecule has 0 saturated heterocycles. The number of aryl methyl sites for hydroxylation is 1. The largest absolute Gasteiger partial charge is 0.323 e. The highest BCUT2D eigenvalue weighted by Crippen LogP contribution is 2.34. The topological polar surface area (TPSA) is 50.9 Å². The second-order valence-electron chi connectivity index (χ2n) is 4.57. The third kappa shape index (κ3) is 2.16. The average Bonchev–Trinajstić information content (AvgIpc) is 2.28. The zero-order chi connectivity index (χ0) is 13.4. The predicted molar refractivity (Wildman–Crippen MR) is 81.1 cm³/mol. The molecule has 0 fully saturated rings. The van der Waals surface area contributed by atoms with Crippen molar-refractivity contribution in [3.8, 4) is 0 Å². The molecular weight excluding hydrogens is 344 g/mol. The lowest BCUT2D eigenvalue weighted by molar-refractivity contribution is 0.628. The second-order valence-corrected chi connectivity index (χ2v) is 5.73. The van der Waals surface area contributed by atoms with Crippen molar-refractivity contribution in [2.24, 2.45) is 5.84 Å². The molecule has 2 aromatic rings. The summed E-state index contributed by atoms with van der Waals surface area (Å²) in [5.41, 5.74) is 6.22. The van der Waals surface area contributed by atoms with Gasteiger partial charge in [-0.05, 0) is 47.6 Å². The molecule has 0 aliphatic heterocycles. The Balaban J connectivity index is 2.94. The van der Waals surface area contributed by atoms with Gasteiger partial charge in [0.1, 0.15) is 5.82 Å². The summed E-state index contributed by atoms with van der Waals surface area (Å²) in [6.07, 6.45) is 0. The van der Waals surface area contributed by atoms with Gasteiger partial charge in [-0.15, -0.1) is 0 Å². The number of aromatic nitrogens is 1. The Bertz CT molecular complexity index is 611. The first kappa shape index (κ1) is 13.5. The van der Waals surface area contributed by atoms with Crippen LogP contribution in [0.3, 0.4) is 0 Å². The van der Waals surface area contributed by atoms with Gasteiger partial charge in [0.2, 0.25) is 0 Å². The van der Waals surface area contributed by atoms with Crippen LogP contribution in [0, 0.1) is 16.3 Å². The maximum atomic E-state index is 13.5. The SMILES string of the molecule is Cc1nc2c(I)cc(F)cc2c(NN)c1C(C)C. The number of fused-ring (bicyclic) bond motifs is 1. The number of halogens is 2. The second kappa shape index (κ2) is 4.97. The lowest BCUT2D eigenvalue weighted by atomic mass is 9.97. The number of nitrogens with two attached hydrogens (primary N) is 1. The highest BCUT2D eigenvalue weighted by molar-refractivity contribution is 14.1. The van der Waals surface area contributed by atoms with Crippen LogP contribution in [0.4, 0.5) is 10.1 Å². The van der Waals surface area contributed by atoms with Gasteiger partial charge < -0.3 is 5.43 Å². The van der Waals surface area contributed by atoms with Crippen molar-refractivity contribution < 1.29 is 4.39 Å². The van der Waals surface area contributed by atoms with Crippen LogP contribution in [0.2, 0.25) is 0 Å². The number of anilines is 1. The van der Waals surface area contributed by atoms with E-state index in [1.165, 1.54) is 12.1 Å². The van der Waals surface area contributed by atoms with E-state index in [9.17, 15) is 4.39 Å². The first-order chi connectivity index (χ1) is 8.45. The summed E-state index contributed by atoms with van der Waals surface area (Å²) >= 11 is 2.09. The highest BCUT2D eigenvalue weighted by atomic mass is 127. The van der Waals surface area contributed by atoms with Gasteiger partial charge in [0.05, 0.1) is 11.2 Å². The third-order valence-corrected chi connectivity index (χ3v) is 3.78. The molecule has 1 aromatic heterocycles. The number of benzene rings is 1. The Hall–Kier alpha value is -0.950. The Labute approximate surface area is 119 Å². The monoisotopic (exact) mass is 359 g/mol. The van der Waals surface area contributed by atoms with Crippen molar-refractivity contribution in [2.45, 2.75) is 26.7 Å². The molecule has 3 nitrogen and oxygen atoms in total. The van der Waals surface area contributed by atoms with Crippen molar-refractivity contribution in [1.29, 1.82) is 0 Å². The number of nitrogens with zero attached hydrogens (tertiary/aromatic N) is 1. The van der Waals surface area contributed by atoms with Crippen LogP contribution in [-0.4, -0.2) is 4.98 Å². The molecule has 0 saturated carbocycles. The minimum Gasteiger partial charge on any atom is -0.323 e. The van der Waals surface area contributed by atoms with E-state index in [4.69, 9.17) is 5.84 Å². The van der Waals surface area contributed by atoms with Crippen LogP contribution in [0.1, 0.15) is 31.0 Å². The standard InChI is InChI=1S/C13H15FIN3/c1-6(2)11-7(3)17-12-9(13(11)18-16)4-8(14)5-10(12)15/h4-6H,16H2,1-3H3,(H,17,18). The van der Waals surface area contributed by atoms with Crippen molar-refractivity contribution in [1.82, 2.24) is 4.98 Å². The van der Waals surface area contributed by atoms with Gasteiger partial charge in [0, 0.05) is 20.2 Å². The first-order valence-electron chi connectivity index (χ1n) is 5.71. The van der Waals surface area contributed by atoms with Crippen LogP contribution in [0.5, 0.6) is 0 Å². The molecule has 0 radical (unpaired) electrons. The summed E-state index contributed by atoms with van der Waals surface area (Å²) in [4.78, 5) is 4.58. The third-order valence-electron chi connectivity index (χ3n) is 2.96. The molecule has 0 aliphatic rings. The molecule has 5 heteroatoms. The summed E-state index contributed by atoms with van der Waals surface area (Å²) in [5.74, 6) is 5.62. The molecule has 0 unspecified atom stereocenters. The molecule has 96 valence electrons.